The number of piperidine rings is 1. The molecule has 1 fully saturated rings. The van der Waals surface area contributed by atoms with Gasteiger partial charge in [-0.3, -0.25) is 0 Å². The number of aliphatic hydroxyl groups is 1. The summed E-state index contributed by atoms with van der Waals surface area (Å²) >= 11 is 1.81. The van der Waals surface area contributed by atoms with Crippen molar-refractivity contribution in [3.05, 3.63) is 71.2 Å². The molecular weight excluding hydrogens is 466 g/mol. The van der Waals surface area contributed by atoms with Crippen LogP contribution in [0.4, 0.5) is 0 Å². The van der Waals surface area contributed by atoms with Gasteiger partial charge in [0.15, 0.2) is 0 Å². The number of fused-ring (bicyclic) bond motifs is 2. The Morgan fingerprint density at radius 2 is 1.78 bits per heavy atom. The van der Waals surface area contributed by atoms with E-state index in [1.54, 1.807) is 0 Å². The Labute approximate surface area is 219 Å². The van der Waals surface area contributed by atoms with E-state index in [0.717, 1.165) is 62.4 Å². The third kappa shape index (κ3) is 5.42. The minimum atomic E-state index is -0.140. The van der Waals surface area contributed by atoms with E-state index in [9.17, 15) is 5.11 Å². The van der Waals surface area contributed by atoms with Crippen molar-refractivity contribution in [2.75, 3.05) is 26.7 Å². The molecule has 2 aliphatic heterocycles. The SMILES string of the molecule is Cc1c(-c2ccc(SC(C)(C)CCO)cc2)nc2n1CCc1ccccc1C2OC1CCN(C)CC1. The van der Waals surface area contributed by atoms with Crippen molar-refractivity contribution >= 4 is 11.8 Å². The van der Waals surface area contributed by atoms with Crippen molar-refractivity contribution in [2.24, 2.45) is 0 Å². The molecule has 1 aromatic heterocycles. The number of thioether (sulfide) groups is 1. The molecule has 1 unspecified atom stereocenters. The Hall–Kier alpha value is -2.12. The molecule has 1 N–H and O–H groups in total. The number of aryl methyl sites for hydroxylation is 1. The van der Waals surface area contributed by atoms with Gasteiger partial charge in [0.1, 0.15) is 11.9 Å². The van der Waals surface area contributed by atoms with Gasteiger partial charge >= 0.3 is 0 Å². The fourth-order valence-corrected chi connectivity index (χ4v) is 6.57. The number of ether oxygens (including phenoxy) is 1. The van der Waals surface area contributed by atoms with E-state index in [1.807, 2.05) is 11.8 Å². The van der Waals surface area contributed by atoms with Gasteiger partial charge in [-0.1, -0.05) is 50.2 Å². The minimum Gasteiger partial charge on any atom is -0.396 e. The molecule has 5 nitrogen and oxygen atoms in total. The first kappa shape index (κ1) is 25.5. The van der Waals surface area contributed by atoms with E-state index in [0.29, 0.717) is 0 Å². The van der Waals surface area contributed by atoms with Crippen LogP contribution in [0.1, 0.15) is 61.9 Å². The van der Waals surface area contributed by atoms with Crippen LogP contribution in [-0.4, -0.2) is 57.2 Å². The average Bonchev–Trinajstić information content (AvgIpc) is 3.10. The zero-order chi connectivity index (χ0) is 25.3. The number of rotatable bonds is 7. The third-order valence-electron chi connectivity index (χ3n) is 7.66. The van der Waals surface area contributed by atoms with E-state index >= 15 is 0 Å². The molecule has 3 heterocycles. The first-order valence-electron chi connectivity index (χ1n) is 13.2. The monoisotopic (exact) mass is 505 g/mol. The van der Waals surface area contributed by atoms with Crippen LogP contribution in [-0.2, 0) is 17.7 Å². The highest BCUT2D eigenvalue weighted by atomic mass is 32.2. The zero-order valence-corrected chi connectivity index (χ0v) is 22.9. The van der Waals surface area contributed by atoms with Crippen molar-refractivity contribution in [3.8, 4) is 11.3 Å². The molecule has 0 radical (unpaired) electrons. The molecular formula is C30H39N3O2S. The molecule has 5 rings (SSSR count). The summed E-state index contributed by atoms with van der Waals surface area (Å²) in [7, 11) is 2.19. The second kappa shape index (κ2) is 10.7. The lowest BCUT2D eigenvalue weighted by Crippen LogP contribution is -2.35. The molecule has 6 heteroatoms. The van der Waals surface area contributed by atoms with Crippen LogP contribution >= 0.6 is 11.8 Å². The molecule has 3 aromatic rings. The maximum Gasteiger partial charge on any atom is 0.143 e. The number of nitrogens with zero attached hydrogens (tertiary/aromatic N) is 3. The summed E-state index contributed by atoms with van der Waals surface area (Å²) in [5, 5.41) is 9.36. The summed E-state index contributed by atoms with van der Waals surface area (Å²) in [5.41, 5.74) is 6.03. The smallest absolute Gasteiger partial charge is 0.143 e. The van der Waals surface area contributed by atoms with Gasteiger partial charge in [-0.2, -0.15) is 0 Å². The van der Waals surface area contributed by atoms with Crippen LogP contribution in [0.15, 0.2) is 53.4 Å². The fraction of sp³-hybridized carbons (Fsp3) is 0.500. The second-order valence-electron chi connectivity index (χ2n) is 10.9. The van der Waals surface area contributed by atoms with E-state index in [-0.39, 0.29) is 23.6 Å². The Kier molecular flexibility index (Phi) is 7.59. The maximum absolute atomic E-state index is 9.36. The lowest BCUT2D eigenvalue weighted by atomic mass is 10.00. The van der Waals surface area contributed by atoms with Crippen molar-refractivity contribution in [3.63, 3.8) is 0 Å². The first-order valence-corrected chi connectivity index (χ1v) is 14.1. The highest BCUT2D eigenvalue weighted by Crippen LogP contribution is 2.39. The molecule has 0 saturated carbocycles. The van der Waals surface area contributed by atoms with Gasteiger partial charge < -0.3 is 19.3 Å². The third-order valence-corrected chi connectivity index (χ3v) is 8.92. The van der Waals surface area contributed by atoms with Gasteiger partial charge in [0.2, 0.25) is 0 Å². The standard InChI is InChI=1S/C30H39N3O2S/c1-21-27(23-9-11-25(12-10-23)36-30(2,3)16-20-34)31-29-28(35-24-14-17-32(4)18-15-24)26-8-6-5-7-22(26)13-19-33(21)29/h5-12,24,28,34H,13-20H2,1-4H3. The molecule has 2 aromatic carbocycles. The summed E-state index contributed by atoms with van der Waals surface area (Å²) < 4.78 is 9.28. The van der Waals surface area contributed by atoms with E-state index in [2.05, 4.69) is 85.8 Å². The zero-order valence-electron chi connectivity index (χ0n) is 22.0. The quantitative estimate of drug-likeness (QED) is 0.407. The Morgan fingerprint density at radius 1 is 1.06 bits per heavy atom. The van der Waals surface area contributed by atoms with Gasteiger partial charge in [0, 0.05) is 47.1 Å². The summed E-state index contributed by atoms with van der Waals surface area (Å²) in [6.07, 6.45) is 4.00. The van der Waals surface area contributed by atoms with E-state index in [4.69, 9.17) is 9.72 Å². The summed E-state index contributed by atoms with van der Waals surface area (Å²) in [6, 6.07) is 17.5. The van der Waals surface area contributed by atoms with Crippen LogP contribution < -0.4 is 0 Å². The second-order valence-corrected chi connectivity index (χ2v) is 12.7. The average molecular weight is 506 g/mol. The van der Waals surface area contributed by atoms with E-state index < -0.39 is 0 Å². The van der Waals surface area contributed by atoms with Crippen LogP contribution in [0.2, 0.25) is 0 Å². The largest absolute Gasteiger partial charge is 0.396 e. The number of aliphatic hydroxyl groups excluding tert-OH is 1. The molecule has 1 saturated heterocycles. The van der Waals surface area contributed by atoms with Gasteiger partial charge in [0.25, 0.3) is 0 Å². The van der Waals surface area contributed by atoms with Crippen molar-refractivity contribution in [1.29, 1.82) is 0 Å². The Bertz CT molecular complexity index is 1180. The molecule has 0 spiro atoms. The molecule has 2 aliphatic rings. The molecule has 0 bridgehead atoms. The Balaban J connectivity index is 1.46. The lowest BCUT2D eigenvalue weighted by molar-refractivity contribution is -0.0276. The first-order chi connectivity index (χ1) is 17.3. The predicted molar refractivity (Wildman–Crippen MR) is 148 cm³/mol. The van der Waals surface area contributed by atoms with Crippen LogP contribution in [0.5, 0.6) is 0 Å². The van der Waals surface area contributed by atoms with Crippen LogP contribution in [0.25, 0.3) is 11.3 Å². The normalized spacial score (nSPS) is 19.1. The summed E-state index contributed by atoms with van der Waals surface area (Å²) in [5.74, 6) is 1.04. The van der Waals surface area contributed by atoms with Gasteiger partial charge in [-0.15, -0.1) is 11.8 Å². The summed E-state index contributed by atoms with van der Waals surface area (Å²) in [6.45, 7) is 9.85. The van der Waals surface area contributed by atoms with Crippen LogP contribution in [0, 0.1) is 6.92 Å². The molecule has 0 amide bonds. The van der Waals surface area contributed by atoms with Crippen molar-refractivity contribution in [1.82, 2.24) is 14.5 Å². The van der Waals surface area contributed by atoms with Gasteiger partial charge in [-0.05, 0) is 62.9 Å². The minimum absolute atomic E-state index is 0.00378. The topological polar surface area (TPSA) is 50.5 Å². The van der Waals surface area contributed by atoms with Gasteiger partial charge in [0.05, 0.1) is 11.8 Å². The number of hydrogen-bond acceptors (Lipinski definition) is 5. The lowest BCUT2D eigenvalue weighted by Gasteiger charge is -2.32. The number of likely N-dealkylation sites (tertiary alicyclic amines) is 1. The molecule has 192 valence electrons. The van der Waals surface area contributed by atoms with E-state index in [1.165, 1.54) is 21.7 Å². The molecule has 36 heavy (non-hydrogen) atoms. The number of benzene rings is 2. The van der Waals surface area contributed by atoms with Crippen molar-refractivity contribution < 1.29 is 9.84 Å². The Morgan fingerprint density at radius 3 is 2.50 bits per heavy atom. The summed E-state index contributed by atoms with van der Waals surface area (Å²) in [4.78, 5) is 8.86. The number of aromatic nitrogens is 2. The molecule has 0 aliphatic carbocycles. The highest BCUT2D eigenvalue weighted by Gasteiger charge is 2.32. The number of imidazole rings is 1. The van der Waals surface area contributed by atoms with Crippen LogP contribution in [0.3, 0.4) is 0 Å². The van der Waals surface area contributed by atoms with Crippen molar-refractivity contribution in [2.45, 2.75) is 74.8 Å². The fourth-order valence-electron chi connectivity index (χ4n) is 5.47. The highest BCUT2D eigenvalue weighted by molar-refractivity contribution is 8.00. The van der Waals surface area contributed by atoms with Gasteiger partial charge in [-0.25, -0.2) is 4.98 Å². The number of hydrogen-bond donors (Lipinski definition) is 1. The predicted octanol–water partition coefficient (Wildman–Crippen LogP) is 5.87. The molecule has 1 atom stereocenters. The maximum atomic E-state index is 9.36.